The van der Waals surface area contributed by atoms with Crippen molar-refractivity contribution in [1.82, 2.24) is 5.32 Å². The first-order chi connectivity index (χ1) is 8.45. The Hall–Kier alpha value is -0.620. The van der Waals surface area contributed by atoms with E-state index in [4.69, 9.17) is 5.73 Å². The summed E-state index contributed by atoms with van der Waals surface area (Å²) in [5.74, 6) is 0.651. The van der Waals surface area contributed by atoms with Crippen molar-refractivity contribution in [2.45, 2.75) is 44.3 Å². The number of carbonyl (C=O) groups is 1. The molecule has 6 heteroatoms. The van der Waals surface area contributed by atoms with E-state index >= 15 is 0 Å². The fourth-order valence-corrected chi connectivity index (χ4v) is 3.98. The first kappa shape index (κ1) is 15.4. The molecule has 0 aliphatic carbocycles. The van der Waals surface area contributed by atoms with E-state index < -0.39 is 9.84 Å². The van der Waals surface area contributed by atoms with Crippen LogP contribution in [0.1, 0.15) is 39.0 Å². The Morgan fingerprint density at radius 2 is 2.17 bits per heavy atom. The van der Waals surface area contributed by atoms with Crippen LogP contribution in [0.3, 0.4) is 0 Å². The van der Waals surface area contributed by atoms with Crippen LogP contribution in [-0.2, 0) is 14.6 Å². The van der Waals surface area contributed by atoms with Gasteiger partial charge in [0.2, 0.25) is 5.91 Å². The van der Waals surface area contributed by atoms with Crippen molar-refractivity contribution in [2.75, 3.05) is 18.8 Å². The third kappa shape index (κ3) is 4.94. The fraction of sp³-hybridized carbons (Fsp3) is 0.917. The summed E-state index contributed by atoms with van der Waals surface area (Å²) in [5.41, 5.74) is 5.44. The van der Waals surface area contributed by atoms with Crippen LogP contribution >= 0.6 is 0 Å². The van der Waals surface area contributed by atoms with E-state index in [0.29, 0.717) is 25.3 Å². The number of nitrogens with two attached hydrogens (primary N) is 1. The highest BCUT2D eigenvalue weighted by Crippen LogP contribution is 2.19. The summed E-state index contributed by atoms with van der Waals surface area (Å²) in [6.07, 6.45) is 3.57. The quantitative estimate of drug-likeness (QED) is 0.706. The van der Waals surface area contributed by atoms with E-state index in [0.717, 1.165) is 19.3 Å². The minimum atomic E-state index is -2.95. The second kappa shape index (κ2) is 7.09. The zero-order valence-corrected chi connectivity index (χ0v) is 11.8. The van der Waals surface area contributed by atoms with E-state index in [2.05, 4.69) is 12.2 Å². The topological polar surface area (TPSA) is 89.3 Å². The average molecular weight is 276 g/mol. The van der Waals surface area contributed by atoms with Crippen LogP contribution in [0, 0.1) is 5.92 Å². The predicted octanol–water partition coefficient (Wildman–Crippen LogP) is 0.445. The maximum atomic E-state index is 11.6. The van der Waals surface area contributed by atoms with Gasteiger partial charge in [-0.15, -0.1) is 0 Å². The second-order valence-electron chi connectivity index (χ2n) is 5.16. The SMILES string of the molecule is CC(CCN)CCC(=O)NCC1CCCS1(=O)=O. The number of rotatable bonds is 7. The highest BCUT2D eigenvalue weighted by atomic mass is 32.2. The summed E-state index contributed by atoms with van der Waals surface area (Å²) in [4.78, 5) is 11.6. The van der Waals surface area contributed by atoms with Crippen LogP contribution in [0.15, 0.2) is 0 Å². The average Bonchev–Trinajstić information content (AvgIpc) is 2.63. The lowest BCUT2D eigenvalue weighted by Gasteiger charge is -2.12. The smallest absolute Gasteiger partial charge is 0.220 e. The molecule has 1 amide bonds. The molecule has 0 aromatic carbocycles. The van der Waals surface area contributed by atoms with Gasteiger partial charge in [-0.05, 0) is 38.1 Å². The van der Waals surface area contributed by atoms with E-state index in [1.165, 1.54) is 0 Å². The third-order valence-electron chi connectivity index (χ3n) is 3.51. The zero-order valence-electron chi connectivity index (χ0n) is 11.0. The van der Waals surface area contributed by atoms with E-state index in [1.54, 1.807) is 0 Å². The summed E-state index contributed by atoms with van der Waals surface area (Å²) in [6.45, 7) is 2.98. The highest BCUT2D eigenvalue weighted by molar-refractivity contribution is 7.92. The van der Waals surface area contributed by atoms with Crippen LogP contribution in [0.4, 0.5) is 0 Å². The number of nitrogens with one attached hydrogen (secondary N) is 1. The van der Waals surface area contributed by atoms with Gasteiger partial charge in [0.25, 0.3) is 0 Å². The van der Waals surface area contributed by atoms with Crippen LogP contribution in [0.25, 0.3) is 0 Å². The van der Waals surface area contributed by atoms with E-state index in [1.807, 2.05) is 0 Å². The molecule has 1 heterocycles. The molecule has 0 saturated carbocycles. The van der Waals surface area contributed by atoms with Gasteiger partial charge in [-0.1, -0.05) is 6.92 Å². The Labute approximate surface area is 109 Å². The number of hydrogen-bond acceptors (Lipinski definition) is 4. The van der Waals surface area contributed by atoms with Gasteiger partial charge in [-0.2, -0.15) is 0 Å². The molecule has 0 aromatic heterocycles. The molecule has 0 bridgehead atoms. The van der Waals surface area contributed by atoms with Crippen molar-refractivity contribution in [1.29, 1.82) is 0 Å². The Bertz CT molecular complexity index is 368. The van der Waals surface area contributed by atoms with Gasteiger partial charge in [0.15, 0.2) is 9.84 Å². The van der Waals surface area contributed by atoms with Gasteiger partial charge >= 0.3 is 0 Å². The Morgan fingerprint density at radius 1 is 1.44 bits per heavy atom. The summed E-state index contributed by atoms with van der Waals surface area (Å²) in [6, 6.07) is 0. The van der Waals surface area contributed by atoms with Crippen molar-refractivity contribution < 1.29 is 13.2 Å². The Balaban J connectivity index is 2.21. The maximum absolute atomic E-state index is 11.6. The molecule has 1 fully saturated rings. The lowest BCUT2D eigenvalue weighted by atomic mass is 10.0. The number of carbonyl (C=O) groups excluding carboxylic acids is 1. The first-order valence-corrected chi connectivity index (χ1v) is 8.35. The van der Waals surface area contributed by atoms with Crippen LogP contribution < -0.4 is 11.1 Å². The molecule has 1 rings (SSSR count). The van der Waals surface area contributed by atoms with Crippen LogP contribution in [0.5, 0.6) is 0 Å². The second-order valence-corrected chi connectivity index (χ2v) is 7.56. The van der Waals surface area contributed by atoms with Crippen molar-refractivity contribution in [3.8, 4) is 0 Å². The minimum absolute atomic E-state index is 0.0547. The van der Waals surface area contributed by atoms with Crippen molar-refractivity contribution in [2.24, 2.45) is 11.7 Å². The normalized spacial score (nSPS) is 23.8. The molecular weight excluding hydrogens is 252 g/mol. The molecule has 18 heavy (non-hydrogen) atoms. The largest absolute Gasteiger partial charge is 0.355 e. The highest BCUT2D eigenvalue weighted by Gasteiger charge is 2.31. The van der Waals surface area contributed by atoms with Gasteiger partial charge in [0.05, 0.1) is 11.0 Å². The minimum Gasteiger partial charge on any atom is -0.355 e. The van der Waals surface area contributed by atoms with Crippen LogP contribution in [0.2, 0.25) is 0 Å². The monoisotopic (exact) mass is 276 g/mol. The first-order valence-electron chi connectivity index (χ1n) is 6.64. The Kier molecular flexibility index (Phi) is 6.08. The number of amides is 1. The number of hydrogen-bond donors (Lipinski definition) is 2. The molecule has 5 nitrogen and oxygen atoms in total. The standard InChI is InChI=1S/C12H24N2O3S/c1-10(6-7-13)4-5-12(15)14-9-11-3-2-8-18(11,16)17/h10-11H,2-9,13H2,1H3,(H,14,15). The molecule has 1 aliphatic rings. The molecule has 1 saturated heterocycles. The van der Waals surface area contributed by atoms with Gasteiger partial charge in [0, 0.05) is 13.0 Å². The summed E-state index contributed by atoms with van der Waals surface area (Å²) >= 11 is 0. The molecule has 0 aromatic rings. The molecular formula is C12H24N2O3S. The van der Waals surface area contributed by atoms with Gasteiger partial charge in [-0.3, -0.25) is 4.79 Å². The molecule has 0 radical (unpaired) electrons. The summed E-state index contributed by atoms with van der Waals surface area (Å²) in [7, 11) is -2.95. The van der Waals surface area contributed by atoms with Gasteiger partial charge in [0.1, 0.15) is 0 Å². The third-order valence-corrected chi connectivity index (χ3v) is 5.79. The Morgan fingerprint density at radius 3 is 2.72 bits per heavy atom. The van der Waals surface area contributed by atoms with Crippen molar-refractivity contribution in [3.05, 3.63) is 0 Å². The fourth-order valence-electron chi connectivity index (χ4n) is 2.21. The summed E-state index contributed by atoms with van der Waals surface area (Å²) < 4.78 is 23.1. The predicted molar refractivity (Wildman–Crippen MR) is 71.9 cm³/mol. The zero-order chi connectivity index (χ0) is 13.6. The van der Waals surface area contributed by atoms with Crippen molar-refractivity contribution >= 4 is 15.7 Å². The van der Waals surface area contributed by atoms with Crippen LogP contribution in [-0.4, -0.2) is 38.4 Å². The lowest BCUT2D eigenvalue weighted by Crippen LogP contribution is -2.34. The molecule has 1 aliphatic heterocycles. The van der Waals surface area contributed by atoms with Gasteiger partial charge in [-0.25, -0.2) is 8.42 Å². The lowest BCUT2D eigenvalue weighted by molar-refractivity contribution is -0.121. The van der Waals surface area contributed by atoms with E-state index in [-0.39, 0.29) is 23.5 Å². The number of sulfone groups is 1. The molecule has 2 atom stereocenters. The van der Waals surface area contributed by atoms with Crippen molar-refractivity contribution in [3.63, 3.8) is 0 Å². The molecule has 106 valence electrons. The summed E-state index contributed by atoms with van der Waals surface area (Å²) in [5, 5.41) is 2.36. The molecule has 0 spiro atoms. The van der Waals surface area contributed by atoms with Gasteiger partial charge < -0.3 is 11.1 Å². The molecule has 2 unspecified atom stereocenters. The molecule has 3 N–H and O–H groups in total. The maximum Gasteiger partial charge on any atom is 0.220 e. The van der Waals surface area contributed by atoms with E-state index in [9.17, 15) is 13.2 Å².